The van der Waals surface area contributed by atoms with E-state index in [0.29, 0.717) is 5.71 Å². The molecule has 35 heavy (non-hydrogen) atoms. The maximum Gasteiger partial charge on any atom is 0.294 e. The zero-order valence-corrected chi connectivity index (χ0v) is 23.5. The molecule has 1 aromatic carbocycles. The first-order valence-corrected chi connectivity index (χ1v) is 13.9. The first-order valence-electron chi connectivity index (χ1n) is 12.1. The van der Waals surface area contributed by atoms with Gasteiger partial charge in [-0.15, -0.1) is 0 Å². The monoisotopic (exact) mass is 528 g/mol. The summed E-state index contributed by atoms with van der Waals surface area (Å²) in [5.41, 5.74) is 0.687. The topological polar surface area (TPSA) is 93.5 Å². The summed E-state index contributed by atoms with van der Waals surface area (Å²) in [5.74, 6) is -0.494. The Morgan fingerprint density at radius 1 is 1.11 bits per heavy atom. The lowest BCUT2D eigenvalue weighted by Crippen LogP contribution is -2.29. The summed E-state index contributed by atoms with van der Waals surface area (Å²) in [7, 11) is -0.00274. The van der Waals surface area contributed by atoms with Crippen LogP contribution < -0.4 is 5.01 Å². The van der Waals surface area contributed by atoms with Gasteiger partial charge in [0.15, 0.2) is 0 Å². The number of hydrogen-bond acceptors (Lipinski definition) is 6. The van der Waals surface area contributed by atoms with Crippen molar-refractivity contribution in [1.29, 1.82) is 0 Å². The highest BCUT2D eigenvalue weighted by atomic mass is 35.5. The van der Waals surface area contributed by atoms with Crippen molar-refractivity contribution in [3.05, 3.63) is 35.4 Å². The molecule has 8 nitrogen and oxygen atoms in total. The zero-order valence-electron chi connectivity index (χ0n) is 21.9. The molecular weight excluding hydrogens is 488 g/mol. The third-order valence-corrected chi connectivity index (χ3v) is 7.40. The van der Waals surface area contributed by atoms with Crippen molar-refractivity contribution < 1.29 is 17.8 Å². The molecule has 0 spiro atoms. The highest BCUT2D eigenvalue weighted by Crippen LogP contribution is 2.32. The smallest absolute Gasteiger partial charge is 0.294 e. The molecule has 0 saturated heterocycles. The van der Waals surface area contributed by atoms with E-state index in [9.17, 15) is 13.2 Å². The van der Waals surface area contributed by atoms with Crippen molar-refractivity contribution in [3.8, 4) is 0 Å². The van der Waals surface area contributed by atoms with Gasteiger partial charge in [0, 0.05) is 6.04 Å². The maximum atomic E-state index is 11.9. The number of amides is 1. The van der Waals surface area contributed by atoms with Gasteiger partial charge in [0.1, 0.15) is 0 Å². The van der Waals surface area contributed by atoms with Crippen LogP contribution in [0.4, 0.5) is 5.69 Å². The van der Waals surface area contributed by atoms with E-state index in [4.69, 9.17) is 16.2 Å². The van der Waals surface area contributed by atoms with Crippen LogP contribution in [-0.4, -0.2) is 74.2 Å². The minimum atomic E-state index is -4.38. The van der Waals surface area contributed by atoms with Crippen molar-refractivity contribution in [2.45, 2.75) is 70.7 Å². The van der Waals surface area contributed by atoms with Crippen LogP contribution in [0.15, 0.2) is 40.3 Å². The van der Waals surface area contributed by atoms with Gasteiger partial charge in [-0.2, -0.15) is 18.5 Å². The second kappa shape index (κ2) is 14.7. The van der Waals surface area contributed by atoms with Crippen LogP contribution in [-0.2, 0) is 14.9 Å². The quantitative estimate of drug-likeness (QED) is 0.408. The number of carbonyl (C=O) groups is 1. The zero-order chi connectivity index (χ0) is 26.8. The average molecular weight is 529 g/mol. The lowest BCUT2D eigenvalue weighted by molar-refractivity contribution is -0.114. The molecule has 2 aliphatic rings. The number of hydrogen-bond donors (Lipinski definition) is 1. The molecule has 1 N–H and O–H groups in total. The molecule has 1 heterocycles. The molecule has 1 aliphatic heterocycles. The molecule has 198 valence electrons. The first kappa shape index (κ1) is 31.3. The summed E-state index contributed by atoms with van der Waals surface area (Å²) >= 11 is 5.92. The predicted octanol–water partition coefficient (Wildman–Crippen LogP) is 5.09. The van der Waals surface area contributed by atoms with Crippen LogP contribution in [0.2, 0.25) is 5.02 Å². The standard InChI is InChI=1S/C11H9ClN2O4S.C8H17N.C6H15N/c1-6-7(2)13-14(11(6)15)10-5-8(19(16,17)18)3-4-9(10)12;1-9(2)8-6-4-3-5-7-8;1-4-7(5-2)6-3/h3-5H,1H2,2H3,(H,16,17,18);8H,3-7H2,1-2H3;4-6H2,1-3H3. The Bertz CT molecular complexity index is 980. The molecule has 1 amide bonds. The van der Waals surface area contributed by atoms with Crippen molar-refractivity contribution in [1.82, 2.24) is 9.80 Å². The molecule has 3 rings (SSSR count). The maximum absolute atomic E-state index is 11.9. The fourth-order valence-corrected chi connectivity index (χ4v) is 4.48. The molecule has 10 heteroatoms. The van der Waals surface area contributed by atoms with Gasteiger partial charge in [-0.05, 0) is 71.7 Å². The number of hydrazone groups is 1. The van der Waals surface area contributed by atoms with E-state index < -0.39 is 16.0 Å². The molecular formula is C25H41ClN4O4S. The van der Waals surface area contributed by atoms with Gasteiger partial charge in [0.25, 0.3) is 16.0 Å². The van der Waals surface area contributed by atoms with Crippen molar-refractivity contribution in [2.24, 2.45) is 5.10 Å². The summed E-state index contributed by atoms with van der Waals surface area (Å²) in [6.45, 7) is 15.3. The summed E-state index contributed by atoms with van der Waals surface area (Å²) in [6.07, 6.45) is 7.20. The van der Waals surface area contributed by atoms with E-state index in [2.05, 4.69) is 56.3 Å². The van der Waals surface area contributed by atoms with Gasteiger partial charge in [-0.3, -0.25) is 9.35 Å². The second-order valence-electron chi connectivity index (χ2n) is 8.74. The lowest BCUT2D eigenvalue weighted by Gasteiger charge is -2.27. The van der Waals surface area contributed by atoms with E-state index >= 15 is 0 Å². The fraction of sp³-hybridized carbons (Fsp3) is 0.600. The van der Waals surface area contributed by atoms with E-state index in [1.165, 1.54) is 57.8 Å². The lowest BCUT2D eigenvalue weighted by atomic mass is 9.95. The summed E-state index contributed by atoms with van der Waals surface area (Å²) in [5, 5.41) is 5.03. The minimum Gasteiger partial charge on any atom is -0.306 e. The van der Waals surface area contributed by atoms with E-state index in [-0.39, 0.29) is 21.2 Å². The van der Waals surface area contributed by atoms with Gasteiger partial charge in [0.2, 0.25) is 0 Å². The second-order valence-corrected chi connectivity index (χ2v) is 10.6. The van der Waals surface area contributed by atoms with Gasteiger partial charge in [-0.25, -0.2) is 0 Å². The predicted molar refractivity (Wildman–Crippen MR) is 145 cm³/mol. The normalized spacial score (nSPS) is 16.6. The van der Waals surface area contributed by atoms with E-state index in [0.717, 1.165) is 23.2 Å². The molecule has 0 atom stereocenters. The van der Waals surface area contributed by atoms with Crippen LogP contribution in [0.5, 0.6) is 0 Å². The Kier molecular flexibility index (Phi) is 13.1. The molecule has 0 aromatic heterocycles. The number of halogens is 1. The van der Waals surface area contributed by atoms with Crippen LogP contribution in [0.3, 0.4) is 0 Å². The number of carbonyl (C=O) groups excluding carboxylic acids is 1. The molecule has 1 fully saturated rings. The molecule has 1 aliphatic carbocycles. The minimum absolute atomic E-state index is 0.0693. The van der Waals surface area contributed by atoms with Crippen LogP contribution in [0.1, 0.15) is 59.8 Å². The van der Waals surface area contributed by atoms with Gasteiger partial charge in [0.05, 0.1) is 26.9 Å². The van der Waals surface area contributed by atoms with Gasteiger partial charge < -0.3 is 9.80 Å². The first-order chi connectivity index (χ1) is 16.4. The fourth-order valence-electron chi connectivity index (χ4n) is 3.79. The summed E-state index contributed by atoms with van der Waals surface area (Å²) in [4.78, 5) is 16.2. The highest BCUT2D eigenvalue weighted by molar-refractivity contribution is 7.85. The Morgan fingerprint density at radius 2 is 1.66 bits per heavy atom. The number of nitrogens with zero attached hydrogens (tertiary/aromatic N) is 4. The highest BCUT2D eigenvalue weighted by Gasteiger charge is 2.29. The molecule has 1 aromatic rings. The number of rotatable bonds is 6. The van der Waals surface area contributed by atoms with Gasteiger partial charge >= 0.3 is 0 Å². The van der Waals surface area contributed by atoms with Crippen LogP contribution >= 0.6 is 11.6 Å². The third-order valence-electron chi connectivity index (χ3n) is 6.23. The third kappa shape index (κ3) is 9.65. The Balaban J connectivity index is 0.000000317. The van der Waals surface area contributed by atoms with Crippen LogP contribution in [0, 0.1) is 0 Å². The van der Waals surface area contributed by atoms with Crippen LogP contribution in [0.25, 0.3) is 0 Å². The van der Waals surface area contributed by atoms with Gasteiger partial charge in [-0.1, -0.05) is 58.2 Å². The summed E-state index contributed by atoms with van der Waals surface area (Å²) in [6, 6.07) is 4.36. The Labute approximate surface area is 216 Å². The Hall–Kier alpha value is -1.78. The Morgan fingerprint density at radius 3 is 2.00 bits per heavy atom. The molecule has 0 radical (unpaired) electrons. The van der Waals surface area contributed by atoms with Crippen molar-refractivity contribution in [2.75, 3.05) is 38.7 Å². The average Bonchev–Trinajstić information content (AvgIpc) is 3.08. The molecule has 1 saturated carbocycles. The number of benzene rings is 1. The largest absolute Gasteiger partial charge is 0.306 e. The SMILES string of the molecule is C=C1C(=O)N(c2cc(S(=O)(=O)O)ccc2Cl)N=C1C.CCN(CC)CC.CN(C)C1CCCCC1. The molecule has 0 unspecified atom stereocenters. The molecule has 0 bridgehead atoms. The van der Waals surface area contributed by atoms with Crippen molar-refractivity contribution >= 4 is 39.0 Å². The summed E-state index contributed by atoms with van der Waals surface area (Å²) < 4.78 is 31.1. The van der Waals surface area contributed by atoms with Crippen molar-refractivity contribution in [3.63, 3.8) is 0 Å². The van der Waals surface area contributed by atoms with E-state index in [1.54, 1.807) is 6.92 Å². The number of anilines is 1. The van der Waals surface area contributed by atoms with E-state index in [1.807, 2.05) is 0 Å².